The minimum absolute atomic E-state index is 0.158. The Kier molecular flexibility index (Phi) is 15.6. The third-order valence-corrected chi connectivity index (χ3v) is 4.53. The smallest absolute Gasteiger partial charge is 0.372 e. The lowest BCUT2D eigenvalue weighted by Crippen LogP contribution is -2.11. The van der Waals surface area contributed by atoms with E-state index >= 15 is 0 Å². The van der Waals surface area contributed by atoms with E-state index in [4.69, 9.17) is 10.2 Å². The number of carboxylic acids is 2. The second-order valence-corrected chi connectivity index (χ2v) is 6.91. The molecule has 0 aliphatic rings. The summed E-state index contributed by atoms with van der Waals surface area (Å²) in [6.07, 6.45) is 15.3. The molecular formula is C20H34O6. The molecule has 26 heavy (non-hydrogen) atoms. The van der Waals surface area contributed by atoms with E-state index in [0.29, 0.717) is 12.8 Å². The van der Waals surface area contributed by atoms with Crippen molar-refractivity contribution in [3.63, 3.8) is 0 Å². The maximum atomic E-state index is 10.9. The number of rotatable bonds is 19. The minimum atomic E-state index is -1.32. The molecule has 6 heteroatoms. The van der Waals surface area contributed by atoms with Crippen LogP contribution in [0.3, 0.4) is 0 Å². The Morgan fingerprint density at radius 3 is 0.769 bits per heavy atom. The molecule has 0 spiro atoms. The summed E-state index contributed by atoms with van der Waals surface area (Å²) < 4.78 is 0. The van der Waals surface area contributed by atoms with Gasteiger partial charge in [0.15, 0.2) is 0 Å². The van der Waals surface area contributed by atoms with Crippen LogP contribution in [0.4, 0.5) is 0 Å². The maximum Gasteiger partial charge on any atom is 0.372 e. The molecule has 0 unspecified atom stereocenters. The summed E-state index contributed by atoms with van der Waals surface area (Å²) in [4.78, 5) is 42.5. The number of carbonyl (C=O) groups is 4. The zero-order valence-corrected chi connectivity index (χ0v) is 15.8. The second kappa shape index (κ2) is 16.7. The van der Waals surface area contributed by atoms with Crippen LogP contribution in [-0.2, 0) is 19.2 Å². The van der Waals surface area contributed by atoms with Gasteiger partial charge in [-0.05, 0) is 12.8 Å². The first-order valence-electron chi connectivity index (χ1n) is 9.97. The van der Waals surface area contributed by atoms with Gasteiger partial charge in [-0.1, -0.05) is 77.0 Å². The van der Waals surface area contributed by atoms with Crippen molar-refractivity contribution in [3.05, 3.63) is 0 Å². The number of hydrogen-bond donors (Lipinski definition) is 2. The molecule has 0 aliphatic heterocycles. The first kappa shape index (κ1) is 24.3. The summed E-state index contributed by atoms with van der Waals surface area (Å²) in [5.74, 6) is -4.01. The van der Waals surface area contributed by atoms with Crippen molar-refractivity contribution >= 4 is 23.5 Å². The number of ketones is 2. The van der Waals surface area contributed by atoms with E-state index in [0.717, 1.165) is 38.5 Å². The van der Waals surface area contributed by atoms with E-state index in [1.807, 2.05) is 0 Å². The maximum absolute atomic E-state index is 10.9. The number of Topliss-reactive ketones (excluding diaryl/α,β-unsaturated/α-hetero) is 2. The Hall–Kier alpha value is -1.72. The number of aliphatic carboxylic acids is 2. The van der Waals surface area contributed by atoms with Crippen LogP contribution in [0, 0.1) is 0 Å². The SMILES string of the molecule is O=C(O)C(=O)CCCCCCCCCCCCCCCCC(=O)C(=O)O. The molecule has 0 rings (SSSR count). The second-order valence-electron chi connectivity index (χ2n) is 6.91. The standard InChI is InChI=1S/C20H34O6/c21-17(19(23)24)15-13-11-9-7-5-3-1-2-4-6-8-10-12-14-16-18(22)20(25)26/h1-16H2,(H,23,24)(H,25,26). The fourth-order valence-corrected chi connectivity index (χ4v) is 2.91. The van der Waals surface area contributed by atoms with Crippen LogP contribution in [0.15, 0.2) is 0 Å². The molecule has 150 valence electrons. The molecule has 0 radical (unpaired) electrons. The Morgan fingerprint density at radius 1 is 0.385 bits per heavy atom. The topological polar surface area (TPSA) is 109 Å². The van der Waals surface area contributed by atoms with Crippen LogP contribution < -0.4 is 0 Å². The normalized spacial score (nSPS) is 10.6. The lowest BCUT2D eigenvalue weighted by molar-refractivity contribution is -0.149. The zero-order chi connectivity index (χ0) is 19.6. The summed E-state index contributed by atoms with van der Waals surface area (Å²) in [6, 6.07) is 0. The Labute approximate surface area is 156 Å². The molecule has 0 fully saturated rings. The summed E-state index contributed by atoms with van der Waals surface area (Å²) in [5, 5.41) is 16.9. The lowest BCUT2D eigenvalue weighted by Gasteiger charge is -2.03. The summed E-state index contributed by atoms with van der Waals surface area (Å²) in [5.41, 5.74) is 0. The van der Waals surface area contributed by atoms with Crippen molar-refractivity contribution < 1.29 is 29.4 Å². The largest absolute Gasteiger partial charge is 0.476 e. The summed E-state index contributed by atoms with van der Waals surface area (Å²) in [6.45, 7) is 0. The quantitative estimate of drug-likeness (QED) is 0.255. The monoisotopic (exact) mass is 370 g/mol. The molecular weight excluding hydrogens is 336 g/mol. The lowest BCUT2D eigenvalue weighted by atomic mass is 10.0. The Balaban J connectivity index is 3.16. The highest BCUT2D eigenvalue weighted by Crippen LogP contribution is 2.13. The fourth-order valence-electron chi connectivity index (χ4n) is 2.91. The zero-order valence-electron chi connectivity index (χ0n) is 15.8. The van der Waals surface area contributed by atoms with Gasteiger partial charge in [-0.3, -0.25) is 9.59 Å². The first-order valence-corrected chi connectivity index (χ1v) is 9.97. The third kappa shape index (κ3) is 15.8. The van der Waals surface area contributed by atoms with Crippen molar-refractivity contribution in [1.82, 2.24) is 0 Å². The van der Waals surface area contributed by atoms with Gasteiger partial charge in [-0.15, -0.1) is 0 Å². The molecule has 0 saturated heterocycles. The molecule has 0 amide bonds. The van der Waals surface area contributed by atoms with Crippen LogP contribution in [0.5, 0.6) is 0 Å². The van der Waals surface area contributed by atoms with Crippen LogP contribution in [-0.4, -0.2) is 33.7 Å². The highest BCUT2D eigenvalue weighted by Gasteiger charge is 2.10. The molecule has 0 heterocycles. The van der Waals surface area contributed by atoms with Gasteiger partial charge in [0.05, 0.1) is 0 Å². The van der Waals surface area contributed by atoms with E-state index in [-0.39, 0.29) is 12.8 Å². The van der Waals surface area contributed by atoms with Gasteiger partial charge in [-0.25, -0.2) is 9.59 Å². The molecule has 0 aromatic rings. The van der Waals surface area contributed by atoms with Crippen molar-refractivity contribution in [2.75, 3.05) is 0 Å². The number of carbonyl (C=O) groups excluding carboxylic acids is 2. The molecule has 2 N–H and O–H groups in total. The Bertz CT molecular complexity index is 390. The average Bonchev–Trinajstić information content (AvgIpc) is 2.60. The van der Waals surface area contributed by atoms with Gasteiger partial charge in [-0.2, -0.15) is 0 Å². The van der Waals surface area contributed by atoms with Crippen molar-refractivity contribution in [2.24, 2.45) is 0 Å². The van der Waals surface area contributed by atoms with E-state index in [1.165, 1.54) is 38.5 Å². The van der Waals surface area contributed by atoms with Gasteiger partial charge in [0.25, 0.3) is 0 Å². The number of carboxylic acid groups (broad SMARTS) is 2. The molecule has 0 atom stereocenters. The molecule has 0 bridgehead atoms. The van der Waals surface area contributed by atoms with Gasteiger partial charge in [0, 0.05) is 12.8 Å². The minimum Gasteiger partial charge on any atom is -0.476 e. The Morgan fingerprint density at radius 2 is 0.577 bits per heavy atom. The third-order valence-electron chi connectivity index (χ3n) is 4.53. The van der Waals surface area contributed by atoms with Gasteiger partial charge in [0.2, 0.25) is 11.6 Å². The molecule has 0 aliphatic carbocycles. The van der Waals surface area contributed by atoms with Crippen LogP contribution in [0.25, 0.3) is 0 Å². The van der Waals surface area contributed by atoms with Crippen molar-refractivity contribution in [2.45, 2.75) is 103 Å². The summed E-state index contributed by atoms with van der Waals surface area (Å²) >= 11 is 0. The predicted molar refractivity (Wildman–Crippen MR) is 99.2 cm³/mol. The van der Waals surface area contributed by atoms with Crippen LogP contribution >= 0.6 is 0 Å². The highest BCUT2D eigenvalue weighted by molar-refractivity contribution is 6.32. The van der Waals surface area contributed by atoms with Gasteiger partial charge >= 0.3 is 11.9 Å². The summed E-state index contributed by atoms with van der Waals surface area (Å²) in [7, 11) is 0. The molecule has 0 aromatic heterocycles. The van der Waals surface area contributed by atoms with E-state index in [2.05, 4.69) is 0 Å². The van der Waals surface area contributed by atoms with Crippen LogP contribution in [0.1, 0.15) is 103 Å². The van der Waals surface area contributed by atoms with E-state index in [1.54, 1.807) is 0 Å². The first-order chi connectivity index (χ1) is 12.4. The predicted octanol–water partition coefficient (Wildman–Crippen LogP) is 4.54. The fraction of sp³-hybridized carbons (Fsp3) is 0.800. The molecule has 0 saturated carbocycles. The average molecular weight is 370 g/mol. The van der Waals surface area contributed by atoms with E-state index in [9.17, 15) is 19.2 Å². The van der Waals surface area contributed by atoms with Crippen LogP contribution in [0.2, 0.25) is 0 Å². The van der Waals surface area contributed by atoms with Gasteiger partial charge in [0.1, 0.15) is 0 Å². The van der Waals surface area contributed by atoms with Crippen molar-refractivity contribution in [3.8, 4) is 0 Å². The van der Waals surface area contributed by atoms with E-state index < -0.39 is 23.5 Å². The molecule has 6 nitrogen and oxygen atoms in total. The van der Waals surface area contributed by atoms with Crippen molar-refractivity contribution in [1.29, 1.82) is 0 Å². The molecule has 0 aromatic carbocycles. The number of unbranched alkanes of at least 4 members (excludes halogenated alkanes) is 13. The highest BCUT2D eigenvalue weighted by atomic mass is 16.4. The van der Waals surface area contributed by atoms with Gasteiger partial charge < -0.3 is 10.2 Å². The number of hydrogen-bond acceptors (Lipinski definition) is 4.